The van der Waals surface area contributed by atoms with Gasteiger partial charge in [-0.1, -0.05) is 26.7 Å². The standard InChI is InChI=1S/C12H21NO/c1-3-9(4-2)11-12(14)10-5-7-13(11)8-6-10/h9-11H,3-8H2,1-2H3. The third-order valence-corrected chi connectivity index (χ3v) is 4.11. The number of hydrogen-bond acceptors (Lipinski definition) is 2. The number of piperidine rings is 3. The number of fused-ring (bicyclic) bond motifs is 3. The van der Waals surface area contributed by atoms with Crippen LogP contribution in [0.15, 0.2) is 0 Å². The van der Waals surface area contributed by atoms with Crippen molar-refractivity contribution in [2.24, 2.45) is 11.8 Å². The second-order valence-electron chi connectivity index (χ2n) is 4.73. The summed E-state index contributed by atoms with van der Waals surface area (Å²) in [6, 6.07) is 0.275. The molecule has 80 valence electrons. The van der Waals surface area contributed by atoms with Crippen LogP contribution in [0, 0.1) is 11.8 Å². The van der Waals surface area contributed by atoms with Crippen LogP contribution in [0.4, 0.5) is 0 Å². The number of rotatable bonds is 3. The van der Waals surface area contributed by atoms with Crippen molar-refractivity contribution in [3.63, 3.8) is 0 Å². The summed E-state index contributed by atoms with van der Waals surface area (Å²) >= 11 is 0. The van der Waals surface area contributed by atoms with E-state index in [0.717, 1.165) is 38.8 Å². The number of Topliss-reactive ketones (excluding diaryl/α,β-unsaturated/α-hetero) is 1. The molecular weight excluding hydrogens is 174 g/mol. The lowest BCUT2D eigenvalue weighted by Crippen LogP contribution is -2.58. The highest BCUT2D eigenvalue weighted by Crippen LogP contribution is 2.34. The van der Waals surface area contributed by atoms with Gasteiger partial charge >= 0.3 is 0 Å². The van der Waals surface area contributed by atoms with Crippen LogP contribution in [-0.2, 0) is 4.79 Å². The fourth-order valence-corrected chi connectivity index (χ4v) is 3.15. The van der Waals surface area contributed by atoms with Crippen molar-refractivity contribution in [1.29, 1.82) is 0 Å². The van der Waals surface area contributed by atoms with Crippen LogP contribution in [0.1, 0.15) is 39.5 Å². The van der Waals surface area contributed by atoms with Crippen LogP contribution in [-0.4, -0.2) is 29.8 Å². The third kappa shape index (κ3) is 1.50. The molecule has 0 saturated carbocycles. The summed E-state index contributed by atoms with van der Waals surface area (Å²) in [5.74, 6) is 1.56. The van der Waals surface area contributed by atoms with Crippen LogP contribution in [0.5, 0.6) is 0 Å². The van der Waals surface area contributed by atoms with E-state index in [1.807, 2.05) is 0 Å². The smallest absolute Gasteiger partial charge is 0.153 e. The molecule has 2 nitrogen and oxygen atoms in total. The van der Waals surface area contributed by atoms with E-state index < -0.39 is 0 Å². The fraction of sp³-hybridized carbons (Fsp3) is 0.917. The van der Waals surface area contributed by atoms with E-state index in [0.29, 0.717) is 17.6 Å². The Morgan fingerprint density at radius 3 is 2.29 bits per heavy atom. The largest absolute Gasteiger partial charge is 0.298 e. The van der Waals surface area contributed by atoms with Gasteiger partial charge in [-0.2, -0.15) is 0 Å². The maximum Gasteiger partial charge on any atom is 0.153 e. The van der Waals surface area contributed by atoms with Gasteiger partial charge in [0.15, 0.2) is 5.78 Å². The molecule has 0 aromatic heterocycles. The van der Waals surface area contributed by atoms with E-state index >= 15 is 0 Å². The van der Waals surface area contributed by atoms with Crippen molar-refractivity contribution < 1.29 is 4.79 Å². The first-order chi connectivity index (χ1) is 6.77. The van der Waals surface area contributed by atoms with Gasteiger partial charge in [-0.3, -0.25) is 9.69 Å². The van der Waals surface area contributed by atoms with Gasteiger partial charge < -0.3 is 0 Å². The van der Waals surface area contributed by atoms with Gasteiger partial charge in [0.25, 0.3) is 0 Å². The van der Waals surface area contributed by atoms with E-state index in [2.05, 4.69) is 18.7 Å². The SMILES string of the molecule is CCC(CC)C1C(=O)C2CCN1CC2. The highest BCUT2D eigenvalue weighted by molar-refractivity contribution is 5.88. The molecule has 0 aromatic carbocycles. The number of ketones is 1. The van der Waals surface area contributed by atoms with E-state index in [1.165, 1.54) is 0 Å². The quantitative estimate of drug-likeness (QED) is 0.687. The van der Waals surface area contributed by atoms with Crippen molar-refractivity contribution in [3.05, 3.63) is 0 Å². The minimum Gasteiger partial charge on any atom is -0.298 e. The minimum absolute atomic E-state index is 0.275. The lowest BCUT2D eigenvalue weighted by Gasteiger charge is -2.46. The normalized spacial score (nSPS) is 36.8. The highest BCUT2D eigenvalue weighted by Gasteiger charge is 2.43. The molecule has 0 aromatic rings. The van der Waals surface area contributed by atoms with E-state index in [9.17, 15) is 4.79 Å². The van der Waals surface area contributed by atoms with Gasteiger partial charge in [0.2, 0.25) is 0 Å². The van der Waals surface area contributed by atoms with Crippen LogP contribution in [0.25, 0.3) is 0 Å². The van der Waals surface area contributed by atoms with Crippen molar-refractivity contribution in [1.82, 2.24) is 4.90 Å². The number of carbonyl (C=O) groups excluding carboxylic acids is 1. The topological polar surface area (TPSA) is 20.3 Å². The Morgan fingerprint density at radius 1 is 1.29 bits per heavy atom. The maximum atomic E-state index is 12.1. The van der Waals surface area contributed by atoms with Crippen LogP contribution in [0.2, 0.25) is 0 Å². The number of carbonyl (C=O) groups is 1. The fourth-order valence-electron chi connectivity index (χ4n) is 3.15. The minimum atomic E-state index is 0.275. The van der Waals surface area contributed by atoms with Gasteiger partial charge in [-0.15, -0.1) is 0 Å². The first-order valence-corrected chi connectivity index (χ1v) is 6.05. The predicted octanol–water partition coefficient (Wildman–Crippen LogP) is 2.09. The Morgan fingerprint density at radius 2 is 1.86 bits per heavy atom. The zero-order valence-electron chi connectivity index (χ0n) is 9.33. The summed E-state index contributed by atoms with van der Waals surface area (Å²) in [6.45, 7) is 6.75. The van der Waals surface area contributed by atoms with Crippen LogP contribution < -0.4 is 0 Å². The molecule has 3 aliphatic heterocycles. The van der Waals surface area contributed by atoms with Crippen molar-refractivity contribution in [3.8, 4) is 0 Å². The molecule has 3 saturated heterocycles. The second-order valence-corrected chi connectivity index (χ2v) is 4.73. The first-order valence-electron chi connectivity index (χ1n) is 6.05. The molecule has 3 fully saturated rings. The van der Waals surface area contributed by atoms with Gasteiger partial charge in [0.1, 0.15) is 0 Å². The van der Waals surface area contributed by atoms with E-state index in [4.69, 9.17) is 0 Å². The summed E-state index contributed by atoms with van der Waals surface area (Å²) in [6.07, 6.45) is 4.54. The molecule has 0 N–H and O–H groups in total. The summed E-state index contributed by atoms with van der Waals surface area (Å²) in [5, 5.41) is 0. The average molecular weight is 195 g/mol. The second kappa shape index (κ2) is 4.01. The molecule has 1 atom stereocenters. The maximum absolute atomic E-state index is 12.1. The van der Waals surface area contributed by atoms with Gasteiger partial charge in [0.05, 0.1) is 6.04 Å². The molecule has 3 rings (SSSR count). The van der Waals surface area contributed by atoms with Crippen LogP contribution in [0.3, 0.4) is 0 Å². The zero-order chi connectivity index (χ0) is 10.1. The lowest BCUT2D eigenvalue weighted by atomic mass is 9.76. The van der Waals surface area contributed by atoms with Crippen molar-refractivity contribution in [2.45, 2.75) is 45.6 Å². The van der Waals surface area contributed by atoms with Crippen molar-refractivity contribution >= 4 is 5.78 Å². The summed E-state index contributed by atoms with van der Waals surface area (Å²) in [4.78, 5) is 14.5. The molecule has 2 bridgehead atoms. The Labute approximate surface area is 86.7 Å². The van der Waals surface area contributed by atoms with Gasteiger partial charge in [-0.25, -0.2) is 0 Å². The molecule has 0 amide bonds. The molecule has 14 heavy (non-hydrogen) atoms. The molecular formula is C12H21NO. The monoisotopic (exact) mass is 195 g/mol. The van der Waals surface area contributed by atoms with Crippen LogP contribution >= 0.6 is 0 Å². The van der Waals surface area contributed by atoms with Gasteiger partial charge in [-0.05, 0) is 31.8 Å². The van der Waals surface area contributed by atoms with E-state index in [-0.39, 0.29) is 6.04 Å². The Hall–Kier alpha value is -0.370. The highest BCUT2D eigenvalue weighted by atomic mass is 16.1. The Balaban J connectivity index is 2.13. The number of hydrogen-bond donors (Lipinski definition) is 0. The summed E-state index contributed by atoms with van der Waals surface area (Å²) < 4.78 is 0. The molecule has 0 spiro atoms. The predicted molar refractivity (Wildman–Crippen MR) is 57.2 cm³/mol. The Bertz CT molecular complexity index is 212. The molecule has 3 heterocycles. The summed E-state index contributed by atoms with van der Waals surface area (Å²) in [5.41, 5.74) is 0. The Kier molecular flexibility index (Phi) is 2.91. The molecule has 3 aliphatic rings. The summed E-state index contributed by atoms with van der Waals surface area (Å²) in [7, 11) is 0. The van der Waals surface area contributed by atoms with Gasteiger partial charge in [0, 0.05) is 5.92 Å². The zero-order valence-corrected chi connectivity index (χ0v) is 9.33. The molecule has 0 aliphatic carbocycles. The molecule has 0 radical (unpaired) electrons. The van der Waals surface area contributed by atoms with Crippen molar-refractivity contribution in [2.75, 3.05) is 13.1 Å². The first kappa shape index (κ1) is 10.2. The van der Waals surface area contributed by atoms with E-state index in [1.54, 1.807) is 0 Å². The third-order valence-electron chi connectivity index (χ3n) is 4.11. The lowest BCUT2D eigenvalue weighted by molar-refractivity contribution is -0.140. The number of nitrogens with zero attached hydrogens (tertiary/aromatic N) is 1. The molecule has 1 unspecified atom stereocenters. The average Bonchev–Trinajstić information content (AvgIpc) is 2.24. The molecule has 2 heteroatoms.